The fourth-order valence-corrected chi connectivity index (χ4v) is 1.14. The van der Waals surface area contributed by atoms with Crippen LogP contribution in [0.2, 0.25) is 0 Å². The summed E-state index contributed by atoms with van der Waals surface area (Å²) in [6.07, 6.45) is -4.21. The van der Waals surface area contributed by atoms with Crippen LogP contribution in [0.1, 0.15) is 0 Å². The fourth-order valence-electron chi connectivity index (χ4n) is 1.14. The smallest absolute Gasteiger partial charge is 0.189 e. The molecule has 12 heavy (non-hydrogen) atoms. The van der Waals surface area contributed by atoms with E-state index in [-0.39, 0.29) is 0 Å². The molecule has 72 valence electrons. The summed E-state index contributed by atoms with van der Waals surface area (Å²) in [4.78, 5) is 0. The Morgan fingerprint density at radius 2 is 1.83 bits per heavy atom. The molecule has 6 heteroatoms. The van der Waals surface area contributed by atoms with Gasteiger partial charge in [-0.25, -0.2) is 0 Å². The Balaban J connectivity index is 2.76. The molecule has 5 N–H and O–H groups in total. The molecule has 0 radical (unpaired) electrons. The van der Waals surface area contributed by atoms with Crippen LogP contribution in [0.4, 0.5) is 0 Å². The van der Waals surface area contributed by atoms with Crippen LogP contribution in [0.15, 0.2) is 0 Å². The van der Waals surface area contributed by atoms with Crippen LogP contribution >= 0.6 is 0 Å². The monoisotopic (exact) mass is 180 g/mol. The minimum atomic E-state index is -2.09. The third-order valence-electron chi connectivity index (χ3n) is 2.03. The first-order valence-corrected chi connectivity index (χ1v) is 3.52. The topological polar surface area (TPSA) is 110 Å². The number of hydrogen-bond acceptors (Lipinski definition) is 6. The zero-order chi connectivity index (χ0) is 9.35. The van der Waals surface area contributed by atoms with Crippen LogP contribution in [0.5, 0.6) is 0 Å². The normalized spacial score (nSPS) is 48.2. The molecule has 0 bridgehead atoms. The van der Waals surface area contributed by atoms with Crippen molar-refractivity contribution in [3.8, 4) is 0 Å². The lowest BCUT2D eigenvalue weighted by Crippen LogP contribution is -2.51. The minimum Gasteiger partial charge on any atom is -0.394 e. The van der Waals surface area contributed by atoms with Gasteiger partial charge in [0.1, 0.15) is 12.2 Å². The van der Waals surface area contributed by atoms with Crippen molar-refractivity contribution in [3.05, 3.63) is 0 Å². The van der Waals surface area contributed by atoms with Crippen molar-refractivity contribution < 1.29 is 30.3 Å². The lowest BCUT2D eigenvalue weighted by Gasteiger charge is -2.25. The largest absolute Gasteiger partial charge is 0.394 e. The fraction of sp³-hybridized carbons (Fsp3) is 1.00. The van der Waals surface area contributed by atoms with Gasteiger partial charge in [-0.15, -0.1) is 0 Å². The van der Waals surface area contributed by atoms with Gasteiger partial charge >= 0.3 is 0 Å². The van der Waals surface area contributed by atoms with Crippen molar-refractivity contribution >= 4 is 0 Å². The summed E-state index contributed by atoms with van der Waals surface area (Å²) >= 11 is 0. The van der Waals surface area contributed by atoms with E-state index in [0.29, 0.717) is 0 Å². The lowest BCUT2D eigenvalue weighted by molar-refractivity contribution is -0.191. The van der Waals surface area contributed by atoms with Crippen molar-refractivity contribution in [2.75, 3.05) is 13.2 Å². The molecule has 1 unspecified atom stereocenters. The number of rotatable bonds is 2. The summed E-state index contributed by atoms with van der Waals surface area (Å²) in [5, 5.41) is 44.8. The summed E-state index contributed by atoms with van der Waals surface area (Å²) < 4.78 is 4.57. The van der Waals surface area contributed by atoms with Crippen molar-refractivity contribution in [1.82, 2.24) is 0 Å². The van der Waals surface area contributed by atoms with E-state index in [9.17, 15) is 10.2 Å². The van der Waals surface area contributed by atoms with Crippen molar-refractivity contribution in [1.29, 1.82) is 0 Å². The first kappa shape index (κ1) is 9.85. The van der Waals surface area contributed by atoms with Gasteiger partial charge in [-0.3, -0.25) is 0 Å². The Kier molecular flexibility index (Phi) is 2.67. The van der Waals surface area contributed by atoms with Gasteiger partial charge in [0.25, 0.3) is 0 Å². The molecule has 1 fully saturated rings. The Bertz CT molecular complexity index is 162. The summed E-state index contributed by atoms with van der Waals surface area (Å²) in [5.74, 6) is 0. The highest BCUT2D eigenvalue weighted by Gasteiger charge is 2.54. The number of hydrogen-bond donors (Lipinski definition) is 5. The van der Waals surface area contributed by atoms with E-state index in [2.05, 4.69) is 4.74 Å². The highest BCUT2D eigenvalue weighted by Crippen LogP contribution is 2.28. The van der Waals surface area contributed by atoms with Gasteiger partial charge in [-0.05, 0) is 0 Å². The molecule has 1 aliphatic rings. The standard InChI is InChI=1S/C6H12O6/c7-1-3-4(9)6(11,2-8)5(10)12-3/h3-5,7-11H,1-2H2/t3-,4-,5+,6?/m1/s1. The van der Waals surface area contributed by atoms with E-state index in [1.165, 1.54) is 0 Å². The van der Waals surface area contributed by atoms with Crippen LogP contribution in [-0.2, 0) is 4.74 Å². The SMILES string of the molecule is OC[C@H]1O[C@H](O)C(O)(CO)[C@@H]1O. The zero-order valence-electron chi connectivity index (χ0n) is 6.29. The lowest BCUT2D eigenvalue weighted by atomic mass is 9.97. The zero-order valence-corrected chi connectivity index (χ0v) is 6.29. The molecule has 0 amide bonds. The van der Waals surface area contributed by atoms with Crippen LogP contribution in [-0.4, -0.2) is 62.8 Å². The number of ether oxygens (including phenoxy) is 1. The Hall–Kier alpha value is -0.240. The molecule has 0 aliphatic carbocycles. The third-order valence-corrected chi connectivity index (χ3v) is 2.03. The molecular formula is C6H12O6. The molecule has 4 atom stereocenters. The van der Waals surface area contributed by atoms with Gasteiger partial charge in [0.2, 0.25) is 0 Å². The predicted molar refractivity (Wildman–Crippen MR) is 36.0 cm³/mol. The number of aliphatic hydroxyl groups is 5. The highest BCUT2D eigenvalue weighted by molar-refractivity contribution is 4.98. The molecule has 0 saturated carbocycles. The second-order valence-electron chi connectivity index (χ2n) is 2.80. The van der Waals surface area contributed by atoms with Gasteiger partial charge in [-0.2, -0.15) is 0 Å². The minimum absolute atomic E-state index is 0.527. The summed E-state index contributed by atoms with van der Waals surface area (Å²) in [5.41, 5.74) is -2.09. The second kappa shape index (κ2) is 3.25. The molecule has 0 aromatic carbocycles. The predicted octanol–water partition coefficient (Wildman–Crippen LogP) is -3.22. The van der Waals surface area contributed by atoms with Crippen LogP contribution in [0.25, 0.3) is 0 Å². The Morgan fingerprint density at radius 3 is 2.08 bits per heavy atom. The molecule has 1 heterocycles. The van der Waals surface area contributed by atoms with Crippen LogP contribution in [0, 0.1) is 0 Å². The van der Waals surface area contributed by atoms with Crippen molar-refractivity contribution in [2.45, 2.75) is 24.1 Å². The number of aliphatic hydroxyl groups excluding tert-OH is 4. The molecule has 0 spiro atoms. The van der Waals surface area contributed by atoms with E-state index < -0.39 is 37.3 Å². The average molecular weight is 180 g/mol. The highest BCUT2D eigenvalue weighted by atomic mass is 16.7. The van der Waals surface area contributed by atoms with Gasteiger partial charge in [0.15, 0.2) is 11.9 Å². The van der Waals surface area contributed by atoms with Gasteiger partial charge in [0.05, 0.1) is 13.2 Å². The maximum absolute atomic E-state index is 9.35. The van der Waals surface area contributed by atoms with E-state index in [0.717, 1.165) is 0 Å². The first-order valence-electron chi connectivity index (χ1n) is 3.52. The van der Waals surface area contributed by atoms with Crippen molar-refractivity contribution in [2.24, 2.45) is 0 Å². The van der Waals surface area contributed by atoms with Gasteiger partial charge < -0.3 is 30.3 Å². The molecule has 1 saturated heterocycles. The van der Waals surface area contributed by atoms with E-state index in [1.807, 2.05) is 0 Å². The van der Waals surface area contributed by atoms with Crippen molar-refractivity contribution in [3.63, 3.8) is 0 Å². The maximum atomic E-state index is 9.35. The van der Waals surface area contributed by atoms with Crippen LogP contribution < -0.4 is 0 Å². The first-order chi connectivity index (χ1) is 5.56. The molecule has 0 aromatic heterocycles. The molecule has 1 aliphatic heterocycles. The second-order valence-corrected chi connectivity index (χ2v) is 2.80. The summed E-state index contributed by atoms with van der Waals surface area (Å²) in [6, 6.07) is 0. The molecule has 0 aromatic rings. The van der Waals surface area contributed by atoms with E-state index in [4.69, 9.17) is 15.3 Å². The van der Waals surface area contributed by atoms with E-state index >= 15 is 0 Å². The van der Waals surface area contributed by atoms with E-state index in [1.54, 1.807) is 0 Å². The Morgan fingerprint density at radius 1 is 1.25 bits per heavy atom. The van der Waals surface area contributed by atoms with Gasteiger partial charge in [-0.1, -0.05) is 0 Å². The quantitative estimate of drug-likeness (QED) is 0.306. The third kappa shape index (κ3) is 1.22. The maximum Gasteiger partial charge on any atom is 0.189 e. The Labute approximate surface area is 68.6 Å². The molecular weight excluding hydrogens is 168 g/mol. The van der Waals surface area contributed by atoms with Crippen LogP contribution in [0.3, 0.4) is 0 Å². The summed E-state index contributed by atoms with van der Waals surface area (Å²) in [7, 11) is 0. The van der Waals surface area contributed by atoms with Gasteiger partial charge in [0, 0.05) is 0 Å². The molecule has 1 rings (SSSR count). The molecule has 6 nitrogen and oxygen atoms in total. The average Bonchev–Trinajstić information content (AvgIpc) is 2.30. The summed E-state index contributed by atoms with van der Waals surface area (Å²) in [6.45, 7) is -1.35.